The number of fused-ring (bicyclic) bond motifs is 1. The number of nitrogens with two attached hydrogens (primary N) is 1. The quantitative estimate of drug-likeness (QED) is 0.439. The van der Waals surface area contributed by atoms with E-state index >= 15 is 0 Å². The molecule has 0 bridgehead atoms. The van der Waals surface area contributed by atoms with Gasteiger partial charge in [0.1, 0.15) is 6.04 Å². The molecule has 35 heavy (non-hydrogen) atoms. The van der Waals surface area contributed by atoms with E-state index < -0.39 is 36.2 Å². The Labute approximate surface area is 199 Å². The molecule has 3 aliphatic rings. The van der Waals surface area contributed by atoms with Crippen LogP contribution in [0.2, 0.25) is 0 Å². The molecule has 0 aromatic heterocycles. The molecule has 0 saturated carbocycles. The van der Waals surface area contributed by atoms with Crippen LogP contribution in [0.5, 0.6) is 0 Å². The Kier molecular flexibility index (Phi) is 8.22. The molecule has 4 amide bonds. The van der Waals surface area contributed by atoms with Gasteiger partial charge in [-0.2, -0.15) is 13.2 Å². The van der Waals surface area contributed by atoms with Crippen LogP contribution >= 0.6 is 0 Å². The van der Waals surface area contributed by atoms with Gasteiger partial charge < -0.3 is 10.6 Å². The van der Waals surface area contributed by atoms with Gasteiger partial charge >= 0.3 is 6.18 Å². The van der Waals surface area contributed by atoms with Crippen molar-refractivity contribution in [1.82, 2.24) is 15.1 Å². The number of hydrogen-bond acceptors (Lipinski definition) is 8. The summed E-state index contributed by atoms with van der Waals surface area (Å²) in [7, 11) is 0. The van der Waals surface area contributed by atoms with Crippen LogP contribution < -0.4 is 16.0 Å². The van der Waals surface area contributed by atoms with E-state index in [9.17, 15) is 32.3 Å². The fourth-order valence-electron chi connectivity index (χ4n) is 4.20. The highest BCUT2D eigenvalue weighted by Crippen LogP contribution is 2.31. The maximum Gasteiger partial charge on any atom is 0.446 e. The Hall–Kier alpha value is -3.32. The van der Waals surface area contributed by atoms with Crippen molar-refractivity contribution in [2.24, 2.45) is 5.73 Å². The average Bonchev–Trinajstić information content (AvgIpc) is 3.07. The normalized spacial score (nSPS) is 20.9. The summed E-state index contributed by atoms with van der Waals surface area (Å²) in [4.78, 5) is 63.5. The molecule has 0 spiro atoms. The minimum atomic E-state index is -4.64. The largest absolute Gasteiger partial charge is 0.446 e. The third kappa shape index (κ3) is 6.22. The molecule has 190 valence electrons. The van der Waals surface area contributed by atoms with E-state index in [2.05, 4.69) is 15.1 Å². The van der Waals surface area contributed by atoms with Crippen LogP contribution in [-0.4, -0.2) is 91.2 Å². The molecule has 1 aromatic carbocycles. The maximum absolute atomic E-state index is 12.9. The number of imide groups is 2. The van der Waals surface area contributed by atoms with E-state index in [1.54, 1.807) is 12.1 Å². The molecule has 10 nitrogen and oxygen atoms in total. The Morgan fingerprint density at radius 2 is 1.66 bits per heavy atom. The monoisotopic (exact) mass is 497 g/mol. The van der Waals surface area contributed by atoms with Gasteiger partial charge in [0.05, 0.1) is 11.1 Å². The van der Waals surface area contributed by atoms with Crippen LogP contribution in [0.4, 0.5) is 18.9 Å². The molecular weight excluding hydrogens is 471 g/mol. The second-order valence-corrected chi connectivity index (χ2v) is 8.31. The standard InChI is InChI=1S/C20H25N5O4.C2HF3O/c21-6-1-7-23-8-10-24(11-9-23)13-2-3-14-15(12-13)20(29)25(19(14)28)16-4-5-17(26)22-18(16)27;3-2(4,5)1-6/h2-3,12,16H,1,4-11,21H2,(H,22,26,27);1H. The molecular formula is C22H26F3N5O5. The van der Waals surface area contributed by atoms with E-state index in [1.807, 2.05) is 6.07 Å². The molecule has 0 aliphatic carbocycles. The fraction of sp³-hybridized carbons (Fsp3) is 0.500. The summed E-state index contributed by atoms with van der Waals surface area (Å²) in [5, 5.41) is 2.21. The molecule has 2 fully saturated rings. The number of amides is 4. The second-order valence-electron chi connectivity index (χ2n) is 8.31. The van der Waals surface area contributed by atoms with Crippen LogP contribution in [0, 0.1) is 0 Å². The van der Waals surface area contributed by atoms with Crippen molar-refractivity contribution in [2.45, 2.75) is 31.5 Å². The molecule has 4 rings (SSSR count). The first-order chi connectivity index (χ1) is 16.6. The molecule has 1 aromatic rings. The van der Waals surface area contributed by atoms with Gasteiger partial charge in [0.2, 0.25) is 18.1 Å². The number of carbonyl (C=O) groups excluding carboxylic acids is 5. The molecule has 3 aliphatic heterocycles. The third-order valence-electron chi connectivity index (χ3n) is 5.97. The summed E-state index contributed by atoms with van der Waals surface area (Å²) in [6.07, 6.45) is -4.45. The molecule has 1 atom stereocenters. The number of carbonyl (C=O) groups is 5. The van der Waals surface area contributed by atoms with Crippen molar-refractivity contribution in [1.29, 1.82) is 0 Å². The van der Waals surface area contributed by atoms with Crippen molar-refractivity contribution in [2.75, 3.05) is 44.2 Å². The number of piperidine rings is 1. The lowest BCUT2D eigenvalue weighted by Gasteiger charge is -2.36. The van der Waals surface area contributed by atoms with Crippen LogP contribution in [-0.2, 0) is 14.4 Å². The van der Waals surface area contributed by atoms with Crippen LogP contribution in [0.3, 0.4) is 0 Å². The Balaban J connectivity index is 0.000000509. The predicted molar refractivity (Wildman–Crippen MR) is 118 cm³/mol. The second kappa shape index (κ2) is 11.0. The Morgan fingerprint density at radius 1 is 1.03 bits per heavy atom. The minimum absolute atomic E-state index is 0.115. The number of nitrogens with one attached hydrogen (secondary N) is 1. The van der Waals surface area contributed by atoms with Crippen molar-refractivity contribution >= 4 is 35.6 Å². The maximum atomic E-state index is 12.9. The lowest BCUT2D eigenvalue weighted by Crippen LogP contribution is -2.54. The van der Waals surface area contributed by atoms with Gasteiger partial charge in [-0.3, -0.25) is 39.1 Å². The molecule has 0 radical (unpaired) electrons. The van der Waals surface area contributed by atoms with Crippen molar-refractivity contribution < 1.29 is 37.1 Å². The highest BCUT2D eigenvalue weighted by atomic mass is 19.4. The Bertz CT molecular complexity index is 1010. The molecule has 13 heteroatoms. The summed E-state index contributed by atoms with van der Waals surface area (Å²) in [5.74, 6) is -1.92. The van der Waals surface area contributed by atoms with Gasteiger partial charge in [-0.05, 0) is 44.1 Å². The number of aldehydes is 1. The number of nitrogens with zero attached hydrogens (tertiary/aromatic N) is 3. The zero-order chi connectivity index (χ0) is 25.8. The highest BCUT2D eigenvalue weighted by molar-refractivity contribution is 6.23. The van der Waals surface area contributed by atoms with E-state index in [1.165, 1.54) is 0 Å². The predicted octanol–water partition coefficient (Wildman–Crippen LogP) is 0.306. The van der Waals surface area contributed by atoms with Crippen LogP contribution in [0.25, 0.3) is 0 Å². The van der Waals surface area contributed by atoms with Crippen LogP contribution in [0.1, 0.15) is 40.0 Å². The van der Waals surface area contributed by atoms with Gasteiger partial charge in [0.15, 0.2) is 0 Å². The molecule has 3 heterocycles. The topological polar surface area (TPSA) is 133 Å². The minimum Gasteiger partial charge on any atom is -0.369 e. The zero-order valence-corrected chi connectivity index (χ0v) is 18.8. The van der Waals surface area contributed by atoms with Crippen molar-refractivity contribution in [3.05, 3.63) is 29.3 Å². The number of piperazine rings is 1. The lowest BCUT2D eigenvalue weighted by atomic mass is 10.0. The molecule has 1 unspecified atom stereocenters. The van der Waals surface area contributed by atoms with Gasteiger partial charge in [0.25, 0.3) is 11.8 Å². The summed E-state index contributed by atoms with van der Waals surface area (Å²) >= 11 is 0. The first kappa shape index (κ1) is 26.3. The van der Waals surface area contributed by atoms with Crippen LogP contribution in [0.15, 0.2) is 18.2 Å². The fourth-order valence-corrected chi connectivity index (χ4v) is 4.20. The van der Waals surface area contributed by atoms with E-state index in [0.29, 0.717) is 17.7 Å². The number of halogens is 3. The van der Waals surface area contributed by atoms with Gasteiger partial charge in [-0.15, -0.1) is 0 Å². The van der Waals surface area contributed by atoms with E-state index in [0.717, 1.165) is 49.7 Å². The first-order valence-corrected chi connectivity index (χ1v) is 11.1. The van der Waals surface area contributed by atoms with Crippen molar-refractivity contribution in [3.63, 3.8) is 0 Å². The highest BCUT2D eigenvalue weighted by Gasteiger charge is 2.44. The SMILES string of the molecule is NCCCN1CCN(c2ccc3c(c2)C(=O)N(C2CCC(=O)NC2=O)C3=O)CC1.O=CC(F)(F)F. The Morgan fingerprint density at radius 3 is 2.23 bits per heavy atom. The van der Waals surface area contributed by atoms with Gasteiger partial charge in [-0.25, -0.2) is 0 Å². The van der Waals surface area contributed by atoms with Gasteiger partial charge in [0, 0.05) is 38.3 Å². The molecule has 2 saturated heterocycles. The zero-order valence-electron chi connectivity index (χ0n) is 18.8. The number of rotatable bonds is 5. The summed E-state index contributed by atoms with van der Waals surface area (Å²) in [6, 6.07) is 4.33. The van der Waals surface area contributed by atoms with Gasteiger partial charge in [-0.1, -0.05) is 0 Å². The average molecular weight is 497 g/mol. The number of hydrogen-bond donors (Lipinski definition) is 2. The number of alkyl halides is 3. The van der Waals surface area contributed by atoms with E-state index in [-0.39, 0.29) is 18.7 Å². The number of anilines is 1. The first-order valence-electron chi connectivity index (χ1n) is 11.1. The third-order valence-corrected chi connectivity index (χ3v) is 5.97. The summed E-state index contributed by atoms with van der Waals surface area (Å²) in [5.41, 5.74) is 7.11. The van der Waals surface area contributed by atoms with E-state index in [4.69, 9.17) is 10.5 Å². The van der Waals surface area contributed by atoms with Crippen molar-refractivity contribution in [3.8, 4) is 0 Å². The molecule has 3 N–H and O–H groups in total. The number of benzene rings is 1. The smallest absolute Gasteiger partial charge is 0.369 e. The summed E-state index contributed by atoms with van der Waals surface area (Å²) < 4.78 is 31.2. The lowest BCUT2D eigenvalue weighted by molar-refractivity contribution is -0.156. The summed E-state index contributed by atoms with van der Waals surface area (Å²) in [6.45, 7) is 5.19.